The van der Waals surface area contributed by atoms with Gasteiger partial charge in [0.1, 0.15) is 11.4 Å². The van der Waals surface area contributed by atoms with Crippen LogP contribution in [0.3, 0.4) is 0 Å². The van der Waals surface area contributed by atoms with Crippen LogP contribution in [-0.2, 0) is 0 Å². The van der Waals surface area contributed by atoms with Gasteiger partial charge in [-0.2, -0.15) is 4.98 Å². The van der Waals surface area contributed by atoms with Crippen LogP contribution in [0.2, 0.25) is 0 Å². The highest BCUT2D eigenvalue weighted by Crippen LogP contribution is 2.40. The quantitative estimate of drug-likeness (QED) is 0.392. The van der Waals surface area contributed by atoms with Crippen molar-refractivity contribution in [2.75, 3.05) is 32.0 Å². The molecule has 3 aromatic rings. The number of ether oxygens (including phenoxy) is 3. The highest BCUT2D eigenvalue weighted by atomic mass is 16.5. The molecule has 166 valence electrons. The minimum absolute atomic E-state index is 0.0828. The second kappa shape index (κ2) is 9.51. The Balaban J connectivity index is 1.94. The predicted octanol–water partition coefficient (Wildman–Crippen LogP) is 2.19. The summed E-state index contributed by atoms with van der Waals surface area (Å²) in [5.74, 6) is 0.419. The lowest BCUT2D eigenvalue weighted by molar-refractivity contribution is 0.0992. The molecule has 0 aliphatic carbocycles. The number of anilines is 4. The minimum Gasteiger partial charge on any atom is -0.493 e. The molecule has 32 heavy (non-hydrogen) atoms. The van der Waals surface area contributed by atoms with E-state index in [0.717, 1.165) is 0 Å². The maximum absolute atomic E-state index is 11.8. The first kappa shape index (κ1) is 22.2. The summed E-state index contributed by atoms with van der Waals surface area (Å²) < 4.78 is 16.0. The number of benzene rings is 2. The van der Waals surface area contributed by atoms with Crippen LogP contribution in [0.5, 0.6) is 17.2 Å². The zero-order valence-corrected chi connectivity index (χ0v) is 17.6. The van der Waals surface area contributed by atoms with Crippen LogP contribution in [0.15, 0.2) is 42.6 Å². The summed E-state index contributed by atoms with van der Waals surface area (Å²) >= 11 is 0. The maximum Gasteiger partial charge on any atom is 0.254 e. The van der Waals surface area contributed by atoms with E-state index in [1.807, 2.05) is 0 Å². The summed E-state index contributed by atoms with van der Waals surface area (Å²) in [6, 6.07) is 9.71. The number of hydrogen-bond donors (Lipinski definition) is 4. The fourth-order valence-corrected chi connectivity index (χ4v) is 2.85. The number of aromatic nitrogens is 2. The summed E-state index contributed by atoms with van der Waals surface area (Å²) in [6.45, 7) is 0. The average molecular weight is 438 g/mol. The Morgan fingerprint density at radius 3 is 1.97 bits per heavy atom. The van der Waals surface area contributed by atoms with E-state index >= 15 is 0 Å². The Morgan fingerprint density at radius 1 is 0.844 bits per heavy atom. The van der Waals surface area contributed by atoms with Gasteiger partial charge >= 0.3 is 0 Å². The fourth-order valence-electron chi connectivity index (χ4n) is 2.85. The van der Waals surface area contributed by atoms with E-state index in [1.165, 1.54) is 27.5 Å². The van der Waals surface area contributed by atoms with Crippen molar-refractivity contribution in [2.24, 2.45) is 11.5 Å². The molecule has 0 saturated heterocycles. The minimum atomic E-state index is -0.708. The van der Waals surface area contributed by atoms with Gasteiger partial charge < -0.3 is 36.3 Å². The standard InChI is InChI=1S/C21H22N6O5/c1-30-15-8-13(9-16(31-2)17(15)32-3)26-21-24-10-14(19(23)29)20(27-21)25-12-6-4-11(5-7-12)18(22)28/h4-10H,1-3H3,(H2,22,28)(H2,23,29)(H2,24,25,26,27). The smallest absolute Gasteiger partial charge is 0.254 e. The number of amides is 2. The summed E-state index contributed by atoms with van der Waals surface area (Å²) in [4.78, 5) is 31.6. The predicted molar refractivity (Wildman–Crippen MR) is 118 cm³/mol. The Morgan fingerprint density at radius 2 is 1.47 bits per heavy atom. The molecule has 0 radical (unpaired) electrons. The van der Waals surface area contributed by atoms with Gasteiger partial charge in [0.05, 0.1) is 21.3 Å². The van der Waals surface area contributed by atoms with Crippen molar-refractivity contribution < 1.29 is 23.8 Å². The molecule has 1 heterocycles. The van der Waals surface area contributed by atoms with Crippen LogP contribution in [-0.4, -0.2) is 43.1 Å². The van der Waals surface area contributed by atoms with Gasteiger partial charge in [-0.3, -0.25) is 9.59 Å². The molecule has 0 atom stereocenters. The molecule has 6 N–H and O–H groups in total. The summed E-state index contributed by atoms with van der Waals surface area (Å²) in [5.41, 5.74) is 12.3. The summed E-state index contributed by atoms with van der Waals surface area (Å²) in [6.07, 6.45) is 1.30. The molecule has 2 amide bonds. The maximum atomic E-state index is 11.8. The van der Waals surface area contributed by atoms with Crippen LogP contribution >= 0.6 is 0 Å². The molecule has 0 bridgehead atoms. The number of nitrogens with zero attached hydrogens (tertiary/aromatic N) is 2. The molecular formula is C21H22N6O5. The van der Waals surface area contributed by atoms with Crippen molar-refractivity contribution in [3.8, 4) is 17.2 Å². The van der Waals surface area contributed by atoms with E-state index in [1.54, 1.807) is 36.4 Å². The van der Waals surface area contributed by atoms with Gasteiger partial charge in [-0.15, -0.1) is 0 Å². The van der Waals surface area contributed by atoms with Crippen LogP contribution in [0.1, 0.15) is 20.7 Å². The third-order valence-corrected chi connectivity index (χ3v) is 4.41. The number of carbonyl (C=O) groups excluding carboxylic acids is 2. The molecule has 0 unspecified atom stereocenters. The van der Waals surface area contributed by atoms with Crippen molar-refractivity contribution in [1.29, 1.82) is 0 Å². The Bertz CT molecular complexity index is 1120. The SMILES string of the molecule is COc1cc(Nc2ncc(C(N)=O)c(Nc3ccc(C(N)=O)cc3)n2)cc(OC)c1OC. The highest BCUT2D eigenvalue weighted by Gasteiger charge is 2.16. The third-order valence-electron chi connectivity index (χ3n) is 4.41. The first-order valence-electron chi connectivity index (χ1n) is 9.27. The second-order valence-corrected chi connectivity index (χ2v) is 6.43. The van der Waals surface area contributed by atoms with Crippen molar-refractivity contribution >= 4 is 35.0 Å². The summed E-state index contributed by atoms with van der Waals surface area (Å²) in [7, 11) is 4.52. The third kappa shape index (κ3) is 4.78. The Hall–Kier alpha value is -4.54. The molecule has 0 saturated carbocycles. The van der Waals surface area contributed by atoms with E-state index in [9.17, 15) is 9.59 Å². The van der Waals surface area contributed by atoms with Crippen molar-refractivity contribution in [3.63, 3.8) is 0 Å². The molecule has 2 aromatic carbocycles. The number of primary amides is 2. The van der Waals surface area contributed by atoms with Crippen molar-refractivity contribution in [2.45, 2.75) is 0 Å². The average Bonchev–Trinajstić information content (AvgIpc) is 2.78. The molecule has 3 rings (SSSR count). The number of methoxy groups -OCH3 is 3. The molecule has 11 heteroatoms. The Kier molecular flexibility index (Phi) is 6.59. The summed E-state index contributed by atoms with van der Waals surface area (Å²) in [5, 5.41) is 6.03. The fraction of sp³-hybridized carbons (Fsp3) is 0.143. The largest absolute Gasteiger partial charge is 0.493 e. The topological polar surface area (TPSA) is 164 Å². The molecule has 0 spiro atoms. The normalized spacial score (nSPS) is 10.2. The van der Waals surface area contributed by atoms with Gasteiger partial charge in [0.15, 0.2) is 11.5 Å². The number of nitrogens with two attached hydrogens (primary N) is 2. The van der Waals surface area contributed by atoms with Gasteiger partial charge in [0.2, 0.25) is 17.6 Å². The Labute approximate surface area is 183 Å². The van der Waals surface area contributed by atoms with Gasteiger partial charge in [0.25, 0.3) is 5.91 Å². The van der Waals surface area contributed by atoms with Crippen LogP contribution in [0, 0.1) is 0 Å². The van der Waals surface area contributed by atoms with E-state index in [4.69, 9.17) is 25.7 Å². The lowest BCUT2D eigenvalue weighted by atomic mass is 10.2. The number of nitrogens with one attached hydrogen (secondary N) is 2. The molecule has 11 nitrogen and oxygen atoms in total. The highest BCUT2D eigenvalue weighted by molar-refractivity contribution is 5.98. The van der Waals surface area contributed by atoms with E-state index in [-0.39, 0.29) is 17.3 Å². The number of hydrogen-bond acceptors (Lipinski definition) is 9. The number of carbonyl (C=O) groups is 2. The van der Waals surface area contributed by atoms with Crippen molar-refractivity contribution in [3.05, 3.63) is 53.7 Å². The van der Waals surface area contributed by atoms with Gasteiger partial charge in [-0.05, 0) is 24.3 Å². The molecule has 0 fully saturated rings. The molecule has 1 aromatic heterocycles. The van der Waals surface area contributed by atoms with Gasteiger partial charge in [-0.1, -0.05) is 0 Å². The van der Waals surface area contributed by atoms with Gasteiger partial charge in [0, 0.05) is 35.3 Å². The first-order chi connectivity index (χ1) is 15.4. The molecule has 0 aliphatic rings. The van der Waals surface area contributed by atoms with E-state index in [0.29, 0.717) is 34.2 Å². The van der Waals surface area contributed by atoms with E-state index < -0.39 is 11.8 Å². The monoisotopic (exact) mass is 438 g/mol. The van der Waals surface area contributed by atoms with Gasteiger partial charge in [-0.25, -0.2) is 4.98 Å². The van der Waals surface area contributed by atoms with Crippen LogP contribution < -0.4 is 36.3 Å². The van der Waals surface area contributed by atoms with Crippen LogP contribution in [0.25, 0.3) is 0 Å². The zero-order valence-electron chi connectivity index (χ0n) is 17.6. The van der Waals surface area contributed by atoms with E-state index in [2.05, 4.69) is 20.6 Å². The molecule has 0 aliphatic heterocycles. The zero-order chi connectivity index (χ0) is 23.3. The second-order valence-electron chi connectivity index (χ2n) is 6.43. The first-order valence-corrected chi connectivity index (χ1v) is 9.27. The van der Waals surface area contributed by atoms with Crippen molar-refractivity contribution in [1.82, 2.24) is 9.97 Å². The lowest BCUT2D eigenvalue weighted by Gasteiger charge is -2.15. The lowest BCUT2D eigenvalue weighted by Crippen LogP contribution is -2.16. The molecular weight excluding hydrogens is 416 g/mol. The number of rotatable bonds is 9. The van der Waals surface area contributed by atoms with Crippen LogP contribution in [0.4, 0.5) is 23.1 Å².